The van der Waals surface area contributed by atoms with E-state index in [1.54, 1.807) is 0 Å². The molecule has 2 aromatic carbocycles. The van der Waals surface area contributed by atoms with Gasteiger partial charge in [-0.05, 0) is 37.0 Å². The third-order valence-electron chi connectivity index (χ3n) is 5.06. The first kappa shape index (κ1) is 17.1. The second-order valence-electron chi connectivity index (χ2n) is 6.78. The number of amides is 1. The van der Waals surface area contributed by atoms with E-state index in [2.05, 4.69) is 5.16 Å². The minimum absolute atomic E-state index is 0.102. The zero-order valence-corrected chi connectivity index (χ0v) is 15.2. The second kappa shape index (κ2) is 7.50. The van der Waals surface area contributed by atoms with Gasteiger partial charge in [0.25, 0.3) is 0 Å². The van der Waals surface area contributed by atoms with Crippen molar-refractivity contribution in [3.63, 3.8) is 0 Å². The number of nitrogens with zero attached hydrogens (tertiary/aromatic N) is 2. The van der Waals surface area contributed by atoms with Gasteiger partial charge in [0.1, 0.15) is 11.6 Å². The van der Waals surface area contributed by atoms with E-state index in [-0.39, 0.29) is 5.91 Å². The van der Waals surface area contributed by atoms with Crippen molar-refractivity contribution >= 4 is 23.2 Å². The molecule has 0 aromatic heterocycles. The van der Waals surface area contributed by atoms with Crippen molar-refractivity contribution in [3.8, 4) is 0 Å². The predicted octanol–water partition coefficient (Wildman–Crippen LogP) is 4.44. The Balaban J connectivity index is 1.68. The third kappa shape index (κ3) is 3.34. The van der Waals surface area contributed by atoms with Crippen LogP contribution in [0.2, 0.25) is 5.02 Å². The van der Waals surface area contributed by atoms with Crippen LogP contribution in [0.25, 0.3) is 0 Å². The summed E-state index contributed by atoms with van der Waals surface area (Å²) in [7, 11) is 0. The molecule has 26 heavy (non-hydrogen) atoms. The molecule has 2 aliphatic heterocycles. The van der Waals surface area contributed by atoms with Crippen LogP contribution in [-0.2, 0) is 9.63 Å². The number of benzene rings is 2. The maximum Gasteiger partial charge on any atom is 0.236 e. The van der Waals surface area contributed by atoms with Crippen molar-refractivity contribution in [1.82, 2.24) is 4.90 Å². The lowest BCUT2D eigenvalue weighted by Crippen LogP contribution is -2.43. The van der Waals surface area contributed by atoms with E-state index in [0.717, 1.165) is 37.1 Å². The molecule has 0 saturated carbocycles. The maximum atomic E-state index is 13.4. The first-order chi connectivity index (χ1) is 12.7. The van der Waals surface area contributed by atoms with Crippen LogP contribution in [0, 0.1) is 5.92 Å². The Hall–Kier alpha value is -2.33. The summed E-state index contributed by atoms with van der Waals surface area (Å²) in [5, 5.41) is 4.98. The molecule has 2 atom stereocenters. The monoisotopic (exact) mass is 368 g/mol. The van der Waals surface area contributed by atoms with Crippen molar-refractivity contribution in [2.75, 3.05) is 13.1 Å². The van der Waals surface area contributed by atoms with Gasteiger partial charge in [0, 0.05) is 23.7 Å². The van der Waals surface area contributed by atoms with Gasteiger partial charge in [-0.1, -0.05) is 59.2 Å². The fraction of sp³-hybridized carbons (Fsp3) is 0.333. The van der Waals surface area contributed by atoms with Crippen molar-refractivity contribution in [2.45, 2.75) is 25.4 Å². The first-order valence-electron chi connectivity index (χ1n) is 9.07. The number of hydrogen-bond acceptors (Lipinski definition) is 3. The minimum Gasteiger partial charge on any atom is -0.386 e. The van der Waals surface area contributed by atoms with Crippen LogP contribution in [0.15, 0.2) is 59.8 Å². The van der Waals surface area contributed by atoms with Crippen molar-refractivity contribution in [1.29, 1.82) is 0 Å². The summed E-state index contributed by atoms with van der Waals surface area (Å²) >= 11 is 6.02. The third-order valence-corrected chi connectivity index (χ3v) is 5.32. The van der Waals surface area contributed by atoms with Crippen LogP contribution in [0.1, 0.15) is 36.5 Å². The molecule has 0 bridgehead atoms. The van der Waals surface area contributed by atoms with Crippen LogP contribution in [0.4, 0.5) is 0 Å². The molecule has 0 radical (unpaired) electrons. The summed E-state index contributed by atoms with van der Waals surface area (Å²) in [6.07, 6.45) is 2.91. The number of carbonyl (C=O) groups excluding carboxylic acids is 1. The molecule has 2 heterocycles. The molecule has 0 N–H and O–H groups in total. The van der Waals surface area contributed by atoms with E-state index >= 15 is 0 Å². The molecule has 2 aliphatic rings. The minimum atomic E-state index is -0.434. The number of piperidine rings is 1. The molecule has 4 rings (SSSR count). The average Bonchev–Trinajstić information content (AvgIpc) is 3.14. The largest absolute Gasteiger partial charge is 0.386 e. The van der Waals surface area contributed by atoms with Gasteiger partial charge in [-0.3, -0.25) is 4.79 Å². The van der Waals surface area contributed by atoms with Crippen LogP contribution in [0.5, 0.6) is 0 Å². The Labute approximate surface area is 158 Å². The fourth-order valence-corrected chi connectivity index (χ4v) is 3.81. The Bertz CT molecular complexity index is 799. The summed E-state index contributed by atoms with van der Waals surface area (Å²) in [4.78, 5) is 21.1. The molecular weight excluding hydrogens is 348 g/mol. The SMILES string of the molecule is O=C([C@H]1C(c2ccc(Cl)cc2)=NO[C@@H]1c1ccccc1)N1CCCCC1. The van der Waals surface area contributed by atoms with Gasteiger partial charge in [0.05, 0.1) is 0 Å². The molecule has 5 heteroatoms. The van der Waals surface area contributed by atoms with Gasteiger partial charge < -0.3 is 9.74 Å². The van der Waals surface area contributed by atoms with Crippen molar-refractivity contribution in [2.24, 2.45) is 11.1 Å². The summed E-state index contributed by atoms with van der Waals surface area (Å²) < 4.78 is 0. The highest BCUT2D eigenvalue weighted by molar-refractivity contribution is 6.30. The van der Waals surface area contributed by atoms with E-state index in [4.69, 9.17) is 16.4 Å². The van der Waals surface area contributed by atoms with Gasteiger partial charge in [-0.15, -0.1) is 0 Å². The van der Waals surface area contributed by atoms with E-state index in [0.29, 0.717) is 10.7 Å². The molecule has 2 aromatic rings. The zero-order chi connectivity index (χ0) is 17.9. The van der Waals surface area contributed by atoms with Crippen molar-refractivity contribution in [3.05, 3.63) is 70.7 Å². The Morgan fingerprint density at radius 3 is 2.38 bits per heavy atom. The smallest absolute Gasteiger partial charge is 0.236 e. The maximum absolute atomic E-state index is 13.4. The molecule has 4 nitrogen and oxygen atoms in total. The lowest BCUT2D eigenvalue weighted by atomic mass is 9.87. The topological polar surface area (TPSA) is 41.9 Å². The van der Waals surface area contributed by atoms with Crippen molar-refractivity contribution < 1.29 is 9.63 Å². The highest BCUT2D eigenvalue weighted by Crippen LogP contribution is 2.37. The predicted molar refractivity (Wildman–Crippen MR) is 102 cm³/mol. The molecule has 0 unspecified atom stereocenters. The fourth-order valence-electron chi connectivity index (χ4n) is 3.68. The van der Waals surface area contributed by atoms with Crippen LogP contribution >= 0.6 is 11.6 Å². The quantitative estimate of drug-likeness (QED) is 0.803. The van der Waals surface area contributed by atoms with Gasteiger partial charge >= 0.3 is 0 Å². The number of rotatable bonds is 3. The lowest BCUT2D eigenvalue weighted by molar-refractivity contribution is -0.137. The summed E-state index contributed by atoms with van der Waals surface area (Å²) in [6.45, 7) is 1.62. The van der Waals surface area contributed by atoms with Gasteiger partial charge in [-0.2, -0.15) is 0 Å². The highest BCUT2D eigenvalue weighted by Gasteiger charge is 2.43. The zero-order valence-electron chi connectivity index (χ0n) is 14.5. The molecule has 1 amide bonds. The summed E-state index contributed by atoms with van der Waals surface area (Å²) in [6, 6.07) is 17.3. The van der Waals surface area contributed by atoms with Gasteiger partial charge in [0.15, 0.2) is 6.10 Å². The Morgan fingerprint density at radius 2 is 1.69 bits per heavy atom. The first-order valence-corrected chi connectivity index (χ1v) is 9.45. The standard InChI is InChI=1S/C21H21ClN2O2/c22-17-11-9-15(10-12-17)19-18(21(25)24-13-5-2-6-14-24)20(26-23-19)16-7-3-1-4-8-16/h1,3-4,7-12,18,20H,2,5-6,13-14H2/t18-,20+/m0/s1. The second-order valence-corrected chi connectivity index (χ2v) is 7.22. The highest BCUT2D eigenvalue weighted by atomic mass is 35.5. The number of halogens is 1. The van der Waals surface area contributed by atoms with E-state index in [1.165, 1.54) is 6.42 Å². The summed E-state index contributed by atoms with van der Waals surface area (Å²) in [5.41, 5.74) is 2.53. The van der Waals surface area contributed by atoms with E-state index in [1.807, 2.05) is 59.5 Å². The molecule has 134 valence electrons. The molecule has 1 saturated heterocycles. The molecule has 0 spiro atoms. The van der Waals surface area contributed by atoms with E-state index < -0.39 is 12.0 Å². The number of carbonyl (C=O) groups is 1. The lowest BCUT2D eigenvalue weighted by Gasteiger charge is -2.30. The number of likely N-dealkylation sites (tertiary alicyclic amines) is 1. The molecule has 0 aliphatic carbocycles. The van der Waals surface area contributed by atoms with E-state index in [9.17, 15) is 4.79 Å². The average molecular weight is 369 g/mol. The van der Waals surface area contributed by atoms with Gasteiger partial charge in [0.2, 0.25) is 5.91 Å². The van der Waals surface area contributed by atoms with Crippen LogP contribution in [0.3, 0.4) is 0 Å². The Kier molecular flexibility index (Phi) is 4.93. The number of hydrogen-bond donors (Lipinski definition) is 0. The van der Waals surface area contributed by atoms with Gasteiger partial charge in [-0.25, -0.2) is 0 Å². The normalized spacial score (nSPS) is 22.7. The summed E-state index contributed by atoms with van der Waals surface area (Å²) in [5.74, 6) is -0.332. The van der Waals surface area contributed by atoms with Crippen LogP contribution in [-0.4, -0.2) is 29.6 Å². The molecule has 1 fully saturated rings. The molecular formula is C21H21ClN2O2. The number of oxime groups is 1. The van der Waals surface area contributed by atoms with Crippen LogP contribution < -0.4 is 0 Å². The Morgan fingerprint density at radius 1 is 1.00 bits per heavy atom.